The minimum absolute atomic E-state index is 0.0117. The Morgan fingerprint density at radius 3 is 2.38 bits per heavy atom. The molecule has 3 atom stereocenters. The Balaban J connectivity index is 2.43. The molecule has 0 bridgehead atoms. The van der Waals surface area contributed by atoms with Gasteiger partial charge in [-0.25, -0.2) is 9.53 Å². The second kappa shape index (κ2) is 7.85. The predicted molar refractivity (Wildman–Crippen MR) is 116 cm³/mol. The van der Waals surface area contributed by atoms with Crippen molar-refractivity contribution in [2.45, 2.75) is 97.0 Å². The minimum Gasteiger partial charge on any atom is -0.624 e. The first-order valence-corrected chi connectivity index (χ1v) is 12.9. The summed E-state index contributed by atoms with van der Waals surface area (Å²) in [5, 5.41) is 12.5. The van der Waals surface area contributed by atoms with E-state index in [0.29, 0.717) is 12.0 Å². The zero-order valence-electron chi connectivity index (χ0n) is 19.0. The smallest absolute Gasteiger partial charge is 0.330 e. The molecular formula is C20H35N3O5Si. The number of aromatic nitrogens is 2. The third-order valence-electron chi connectivity index (χ3n) is 5.77. The van der Waals surface area contributed by atoms with Crippen LogP contribution in [0.5, 0.6) is 0 Å². The van der Waals surface area contributed by atoms with Crippen molar-refractivity contribution in [2.75, 3.05) is 0 Å². The van der Waals surface area contributed by atoms with Crippen LogP contribution in [-0.4, -0.2) is 46.6 Å². The second-order valence-electron chi connectivity index (χ2n) is 10.3. The highest BCUT2D eigenvalue weighted by molar-refractivity contribution is 6.74. The van der Waals surface area contributed by atoms with Gasteiger partial charge in [-0.3, -0.25) is 14.3 Å². The van der Waals surface area contributed by atoms with Crippen molar-refractivity contribution < 1.29 is 13.9 Å². The van der Waals surface area contributed by atoms with Crippen LogP contribution >= 0.6 is 0 Å². The van der Waals surface area contributed by atoms with Gasteiger partial charge >= 0.3 is 5.69 Å². The molecule has 1 fully saturated rings. The maximum absolute atomic E-state index is 12.6. The maximum atomic E-state index is 12.6. The average molecular weight is 426 g/mol. The summed E-state index contributed by atoms with van der Waals surface area (Å²) in [5.74, 6) is 0. The van der Waals surface area contributed by atoms with Gasteiger partial charge < -0.3 is 14.4 Å². The Morgan fingerprint density at radius 1 is 1.28 bits per heavy atom. The molecule has 164 valence electrons. The number of rotatable bonds is 4. The van der Waals surface area contributed by atoms with Gasteiger partial charge in [0.25, 0.3) is 5.56 Å². The van der Waals surface area contributed by atoms with Crippen molar-refractivity contribution in [3.63, 3.8) is 0 Å². The molecule has 0 amide bonds. The number of aryl methyl sites for hydroxylation is 1. The summed E-state index contributed by atoms with van der Waals surface area (Å²) in [6.07, 6.45) is 1.83. The van der Waals surface area contributed by atoms with Crippen LogP contribution in [0.4, 0.5) is 0 Å². The molecule has 1 aliphatic rings. The van der Waals surface area contributed by atoms with Gasteiger partial charge in [0, 0.05) is 39.0 Å². The van der Waals surface area contributed by atoms with E-state index in [4.69, 9.17) is 9.16 Å². The molecule has 1 aromatic heterocycles. The fourth-order valence-corrected chi connectivity index (χ4v) is 4.14. The monoisotopic (exact) mass is 425 g/mol. The molecule has 2 rings (SSSR count). The molecule has 1 aliphatic heterocycles. The van der Waals surface area contributed by atoms with Gasteiger partial charge in [0.15, 0.2) is 26.2 Å². The topological polar surface area (TPSA) is 99.4 Å². The number of ether oxygens (including phenoxy) is 1. The number of aromatic amines is 1. The molecule has 8 nitrogen and oxygen atoms in total. The second-order valence-corrected chi connectivity index (χ2v) is 15.1. The fraction of sp³-hybridized carbons (Fsp3) is 0.750. The number of H-pyrrole nitrogens is 1. The van der Waals surface area contributed by atoms with Crippen LogP contribution in [0.3, 0.4) is 0 Å². The molecule has 29 heavy (non-hydrogen) atoms. The van der Waals surface area contributed by atoms with Gasteiger partial charge in [-0.15, -0.1) is 0 Å². The number of nitrogens with one attached hydrogen (secondary N) is 1. The molecule has 2 heterocycles. The van der Waals surface area contributed by atoms with E-state index < -0.39 is 37.4 Å². The molecule has 0 radical (unpaired) electrons. The van der Waals surface area contributed by atoms with E-state index in [1.54, 1.807) is 6.92 Å². The third kappa shape index (κ3) is 5.26. The lowest BCUT2D eigenvalue weighted by atomic mass is 10.1. The van der Waals surface area contributed by atoms with Gasteiger partial charge in [0.05, 0.1) is 6.10 Å². The van der Waals surface area contributed by atoms with Gasteiger partial charge in [-0.1, -0.05) is 20.8 Å². The Morgan fingerprint density at radius 2 is 1.86 bits per heavy atom. The van der Waals surface area contributed by atoms with Crippen molar-refractivity contribution >= 4 is 14.5 Å². The van der Waals surface area contributed by atoms with Crippen molar-refractivity contribution in [1.29, 1.82) is 0 Å². The van der Waals surface area contributed by atoms with Crippen LogP contribution in [0.1, 0.15) is 59.8 Å². The van der Waals surface area contributed by atoms with Crippen LogP contribution in [0.25, 0.3) is 0 Å². The van der Waals surface area contributed by atoms with Crippen LogP contribution < -0.4 is 11.2 Å². The molecule has 1 saturated heterocycles. The van der Waals surface area contributed by atoms with Crippen molar-refractivity contribution in [2.24, 2.45) is 0 Å². The van der Waals surface area contributed by atoms with E-state index in [1.165, 1.54) is 17.0 Å². The van der Waals surface area contributed by atoms with E-state index in [1.807, 2.05) is 20.8 Å². The van der Waals surface area contributed by atoms with Crippen LogP contribution in [-0.2, 0) is 9.16 Å². The Labute approximate surface area is 173 Å². The van der Waals surface area contributed by atoms with Crippen LogP contribution in [0.2, 0.25) is 18.1 Å². The lowest BCUT2D eigenvalue weighted by Crippen LogP contribution is -2.47. The van der Waals surface area contributed by atoms with Crippen molar-refractivity contribution in [3.05, 3.63) is 37.8 Å². The summed E-state index contributed by atoms with van der Waals surface area (Å²) in [6, 6.07) is 0. The minimum atomic E-state index is -2.14. The highest BCUT2D eigenvalue weighted by Crippen LogP contribution is 2.40. The Kier molecular flexibility index (Phi) is 6.37. The van der Waals surface area contributed by atoms with E-state index in [0.717, 1.165) is 4.74 Å². The zero-order chi connectivity index (χ0) is 22.4. The van der Waals surface area contributed by atoms with E-state index >= 15 is 0 Å². The molecular weight excluding hydrogens is 390 g/mol. The highest BCUT2D eigenvalue weighted by Gasteiger charge is 2.46. The summed E-state index contributed by atoms with van der Waals surface area (Å²) in [6.45, 7) is 17.8. The first-order valence-electron chi connectivity index (χ1n) is 10.00. The molecule has 0 aliphatic carbocycles. The average Bonchev–Trinajstić information content (AvgIpc) is 2.90. The number of nitrogens with zero attached hydrogens (tertiary/aromatic N) is 2. The highest BCUT2D eigenvalue weighted by atomic mass is 28.4. The first-order chi connectivity index (χ1) is 13.0. The van der Waals surface area contributed by atoms with Crippen molar-refractivity contribution in [1.82, 2.24) is 9.55 Å². The SMILES string of the molecule is Cc1cn(C2CC(O[Si](C)(C)C(C)(C)C)C(/C=[N+](/[O-])C(C)(C)C)O2)c(=O)[nH]c1=O. The van der Waals surface area contributed by atoms with Gasteiger partial charge in [-0.2, -0.15) is 0 Å². The summed E-state index contributed by atoms with van der Waals surface area (Å²) in [7, 11) is -2.14. The van der Waals surface area contributed by atoms with E-state index in [-0.39, 0.29) is 11.1 Å². The predicted octanol–water partition coefficient (Wildman–Crippen LogP) is 2.90. The van der Waals surface area contributed by atoms with E-state index in [2.05, 4.69) is 38.8 Å². The molecule has 0 saturated carbocycles. The van der Waals surface area contributed by atoms with Crippen LogP contribution in [0, 0.1) is 12.1 Å². The summed E-state index contributed by atoms with van der Waals surface area (Å²) < 4.78 is 14.9. The normalized spacial score (nSPS) is 24.2. The molecule has 3 unspecified atom stereocenters. The molecule has 1 aromatic rings. The molecule has 0 spiro atoms. The lowest BCUT2D eigenvalue weighted by Gasteiger charge is -2.38. The largest absolute Gasteiger partial charge is 0.624 e. The summed E-state index contributed by atoms with van der Waals surface area (Å²) in [4.78, 5) is 26.3. The summed E-state index contributed by atoms with van der Waals surface area (Å²) in [5.41, 5.74) is -1.15. The quantitative estimate of drug-likeness (QED) is 0.263. The van der Waals surface area contributed by atoms with E-state index in [9.17, 15) is 14.8 Å². The summed E-state index contributed by atoms with van der Waals surface area (Å²) >= 11 is 0. The zero-order valence-corrected chi connectivity index (χ0v) is 20.0. The molecule has 0 aromatic carbocycles. The third-order valence-corrected chi connectivity index (χ3v) is 10.3. The Bertz CT molecular complexity index is 889. The van der Waals surface area contributed by atoms with Crippen LogP contribution in [0.15, 0.2) is 15.8 Å². The van der Waals surface area contributed by atoms with Gasteiger partial charge in [0.2, 0.25) is 0 Å². The molecule has 1 N–H and O–H groups in total. The fourth-order valence-electron chi connectivity index (χ4n) is 2.80. The first kappa shape index (κ1) is 23.6. The maximum Gasteiger partial charge on any atom is 0.330 e. The lowest BCUT2D eigenvalue weighted by molar-refractivity contribution is -0.533. The Hall–Kier alpha value is -1.71. The van der Waals surface area contributed by atoms with Gasteiger partial charge in [0.1, 0.15) is 6.23 Å². The van der Waals surface area contributed by atoms with Gasteiger partial charge in [-0.05, 0) is 25.1 Å². The number of hydroxylamine groups is 1. The van der Waals surface area contributed by atoms with Crippen molar-refractivity contribution in [3.8, 4) is 0 Å². The molecule has 9 heteroatoms. The standard InChI is InChI=1S/C20H35N3O5Si/c1-13-11-22(18(25)21-17(13)24)16-10-14(28-29(8,9)20(5,6)7)15(27-16)12-23(26)19(2,3)4/h11-12,14-16H,10H2,1-9H3,(H,21,24,25)/b23-12+. The number of hydrogen-bond acceptors (Lipinski definition) is 5. The number of hydrogen-bond donors (Lipinski definition) is 1.